The molecule has 0 spiro atoms. The first kappa shape index (κ1) is 15.8. The molecular weight excluding hydrogens is 220 g/mol. The topological polar surface area (TPSA) is 66.8 Å². The smallest absolute Gasteiger partial charge is 0.154 e. The lowest BCUT2D eigenvalue weighted by molar-refractivity contribution is -0.190. The summed E-state index contributed by atoms with van der Waals surface area (Å²) in [6.45, 7) is 4.48. The second kappa shape index (κ2) is 8.87. The van der Waals surface area contributed by atoms with Gasteiger partial charge >= 0.3 is 0 Å². The minimum atomic E-state index is -0.875. The molecule has 0 aliphatic heterocycles. The largest absolute Gasteiger partial charge is 0.368 e. The predicted octanol–water partition coefficient (Wildman–Crippen LogP) is 1.50. The number of Topliss-reactive ketones (excluding diaryl/α,β-unsaturated/α-hetero) is 1. The Hall–Kier alpha value is -1.23. The van der Waals surface area contributed by atoms with Gasteiger partial charge in [0, 0.05) is 6.42 Å². The van der Waals surface area contributed by atoms with Crippen LogP contribution in [0.5, 0.6) is 0 Å². The average Bonchev–Trinajstić information content (AvgIpc) is 2.16. The minimum absolute atomic E-state index is 0.214. The normalized spacial score (nSPS) is 13.2. The highest BCUT2D eigenvalue weighted by atomic mass is 16.7. The molecule has 2 N–H and O–H groups in total. The van der Waals surface area contributed by atoms with Gasteiger partial charge in [-0.1, -0.05) is 30.3 Å². The Labute approximate surface area is 102 Å². The van der Waals surface area contributed by atoms with Gasteiger partial charge < -0.3 is 14.9 Å². The molecule has 0 saturated carbocycles. The molecule has 0 amide bonds. The summed E-state index contributed by atoms with van der Waals surface area (Å²) >= 11 is 0. The number of hydrogen-bond acceptors (Lipinski definition) is 4. The summed E-state index contributed by atoms with van der Waals surface area (Å²) in [5.74, 6) is 0.214. The average molecular weight is 240 g/mol. The van der Waals surface area contributed by atoms with E-state index in [1.54, 1.807) is 6.92 Å². The molecule has 2 unspecified atom stereocenters. The Morgan fingerprint density at radius 2 is 1.65 bits per heavy atom. The van der Waals surface area contributed by atoms with Crippen molar-refractivity contribution >= 4 is 5.78 Å². The summed E-state index contributed by atoms with van der Waals surface area (Å²) < 4.78 is 4.36. The molecule has 1 aromatic rings. The Bertz CT molecular complexity index is 300. The highest BCUT2D eigenvalue weighted by molar-refractivity contribution is 5.78. The molecule has 0 bridgehead atoms. The van der Waals surface area contributed by atoms with E-state index in [4.69, 9.17) is 10.2 Å². The van der Waals surface area contributed by atoms with Crippen molar-refractivity contribution in [3.05, 3.63) is 35.9 Å². The van der Waals surface area contributed by atoms with Gasteiger partial charge in [0.05, 0.1) is 0 Å². The van der Waals surface area contributed by atoms with Gasteiger partial charge in [-0.15, -0.1) is 0 Å². The lowest BCUT2D eigenvalue weighted by Gasteiger charge is -2.07. The van der Waals surface area contributed by atoms with E-state index in [1.807, 2.05) is 30.3 Å². The third-order valence-corrected chi connectivity index (χ3v) is 1.69. The second-order valence-corrected chi connectivity index (χ2v) is 3.70. The van der Waals surface area contributed by atoms with Crippen molar-refractivity contribution in [3.63, 3.8) is 0 Å². The zero-order chi connectivity index (χ0) is 13.3. The second-order valence-electron chi connectivity index (χ2n) is 3.70. The van der Waals surface area contributed by atoms with Crippen LogP contribution in [-0.2, 0) is 16.0 Å². The van der Waals surface area contributed by atoms with E-state index >= 15 is 0 Å². The van der Waals surface area contributed by atoms with Crippen LogP contribution in [0.1, 0.15) is 26.3 Å². The van der Waals surface area contributed by atoms with Crippen molar-refractivity contribution in [3.8, 4) is 0 Å². The lowest BCUT2D eigenvalue weighted by Crippen LogP contribution is -2.14. The first-order valence-corrected chi connectivity index (χ1v) is 5.46. The molecule has 4 heteroatoms. The first-order valence-electron chi connectivity index (χ1n) is 5.46. The van der Waals surface area contributed by atoms with E-state index in [0.29, 0.717) is 6.42 Å². The van der Waals surface area contributed by atoms with E-state index in [1.165, 1.54) is 13.8 Å². The first-order chi connectivity index (χ1) is 7.91. The number of carbonyl (C=O) groups excluding carboxylic acids is 1. The number of ether oxygens (including phenoxy) is 1. The van der Waals surface area contributed by atoms with E-state index in [2.05, 4.69) is 4.74 Å². The van der Waals surface area contributed by atoms with Crippen molar-refractivity contribution in [2.24, 2.45) is 0 Å². The number of carbonyl (C=O) groups is 1. The lowest BCUT2D eigenvalue weighted by atomic mass is 10.1. The molecule has 1 rings (SSSR count). The van der Waals surface area contributed by atoms with E-state index < -0.39 is 12.6 Å². The minimum Gasteiger partial charge on any atom is -0.368 e. The number of ketones is 1. The van der Waals surface area contributed by atoms with Crippen molar-refractivity contribution in [1.82, 2.24) is 0 Å². The summed E-state index contributed by atoms with van der Waals surface area (Å²) in [6, 6.07) is 9.75. The van der Waals surface area contributed by atoms with Gasteiger partial charge in [0.15, 0.2) is 12.6 Å². The molecule has 4 nitrogen and oxygen atoms in total. The van der Waals surface area contributed by atoms with Gasteiger partial charge in [0.25, 0.3) is 0 Å². The van der Waals surface area contributed by atoms with Crippen molar-refractivity contribution in [2.45, 2.75) is 39.8 Å². The van der Waals surface area contributed by atoms with Crippen LogP contribution in [0.3, 0.4) is 0 Å². The van der Waals surface area contributed by atoms with Crippen LogP contribution in [-0.4, -0.2) is 28.6 Å². The zero-order valence-electron chi connectivity index (χ0n) is 10.5. The van der Waals surface area contributed by atoms with Crippen LogP contribution < -0.4 is 0 Å². The molecule has 0 saturated heterocycles. The number of aliphatic hydroxyl groups excluding tert-OH is 2. The van der Waals surface area contributed by atoms with Gasteiger partial charge in [-0.05, 0) is 26.3 Å². The van der Waals surface area contributed by atoms with Crippen molar-refractivity contribution in [2.75, 3.05) is 0 Å². The van der Waals surface area contributed by atoms with Crippen LogP contribution in [0.4, 0.5) is 0 Å². The van der Waals surface area contributed by atoms with Crippen LogP contribution in [0, 0.1) is 0 Å². The van der Waals surface area contributed by atoms with Gasteiger partial charge in [-0.2, -0.15) is 0 Å². The fourth-order valence-electron chi connectivity index (χ4n) is 1.17. The number of hydrogen-bond donors (Lipinski definition) is 2. The van der Waals surface area contributed by atoms with Crippen LogP contribution in [0.25, 0.3) is 0 Å². The predicted molar refractivity (Wildman–Crippen MR) is 65.3 cm³/mol. The van der Waals surface area contributed by atoms with Gasteiger partial charge in [0.2, 0.25) is 0 Å². The standard InChI is InChI=1S/C9H10O.C4H10O3/c1-8(10)7-9-5-3-2-4-6-9;1-3(5)7-4(2)6/h2-6H,7H2,1H3;3-6H,1-2H3. The molecule has 96 valence electrons. The van der Waals surface area contributed by atoms with E-state index in [9.17, 15) is 4.79 Å². The third kappa shape index (κ3) is 11.0. The fourth-order valence-corrected chi connectivity index (χ4v) is 1.17. The number of rotatable bonds is 4. The molecule has 0 radical (unpaired) electrons. The van der Waals surface area contributed by atoms with E-state index in [0.717, 1.165) is 5.56 Å². The Balaban J connectivity index is 0.000000325. The maximum absolute atomic E-state index is 10.6. The summed E-state index contributed by atoms with van der Waals surface area (Å²) in [5, 5.41) is 16.7. The maximum atomic E-state index is 10.6. The number of aliphatic hydroxyl groups is 2. The molecule has 17 heavy (non-hydrogen) atoms. The summed E-state index contributed by atoms with van der Waals surface area (Å²) in [5.41, 5.74) is 1.09. The quantitative estimate of drug-likeness (QED) is 0.783. The Morgan fingerprint density at radius 3 is 1.94 bits per heavy atom. The SMILES string of the molecule is CC(=O)Cc1ccccc1.CC(O)OC(C)O. The molecule has 2 atom stereocenters. The molecule has 0 aliphatic rings. The molecular formula is C13H20O4. The van der Waals surface area contributed by atoms with Crippen LogP contribution in [0.2, 0.25) is 0 Å². The molecule has 0 fully saturated rings. The summed E-state index contributed by atoms with van der Waals surface area (Å²) in [6.07, 6.45) is -1.19. The Morgan fingerprint density at radius 1 is 1.18 bits per heavy atom. The summed E-state index contributed by atoms with van der Waals surface area (Å²) in [7, 11) is 0. The van der Waals surface area contributed by atoms with Crippen molar-refractivity contribution in [1.29, 1.82) is 0 Å². The maximum Gasteiger partial charge on any atom is 0.154 e. The van der Waals surface area contributed by atoms with Crippen LogP contribution in [0.15, 0.2) is 30.3 Å². The molecule has 0 heterocycles. The van der Waals surface area contributed by atoms with Gasteiger partial charge in [-0.25, -0.2) is 0 Å². The van der Waals surface area contributed by atoms with E-state index in [-0.39, 0.29) is 5.78 Å². The molecule has 0 aliphatic carbocycles. The Kier molecular flexibility index (Phi) is 8.23. The molecule has 1 aromatic carbocycles. The van der Waals surface area contributed by atoms with Gasteiger partial charge in [0.1, 0.15) is 5.78 Å². The van der Waals surface area contributed by atoms with Crippen molar-refractivity contribution < 1.29 is 19.7 Å². The highest BCUT2D eigenvalue weighted by Gasteiger charge is 1.97. The highest BCUT2D eigenvalue weighted by Crippen LogP contribution is 1.98. The molecule has 0 aromatic heterocycles. The zero-order valence-corrected chi connectivity index (χ0v) is 10.5. The van der Waals surface area contributed by atoms with Crippen LogP contribution >= 0.6 is 0 Å². The summed E-state index contributed by atoms with van der Waals surface area (Å²) in [4.78, 5) is 10.6. The third-order valence-electron chi connectivity index (χ3n) is 1.69. The van der Waals surface area contributed by atoms with Gasteiger partial charge in [-0.3, -0.25) is 4.79 Å². The fraction of sp³-hybridized carbons (Fsp3) is 0.462. The monoisotopic (exact) mass is 240 g/mol. The number of benzene rings is 1.